The Kier molecular flexibility index (Phi) is 4.71. The summed E-state index contributed by atoms with van der Waals surface area (Å²) >= 11 is 0. The Hall–Kier alpha value is -3.31. The van der Waals surface area contributed by atoms with E-state index >= 15 is 0 Å². The van der Waals surface area contributed by atoms with Crippen LogP contribution in [0.1, 0.15) is 57.3 Å². The van der Waals surface area contributed by atoms with E-state index in [1.807, 2.05) is 69.3 Å². The van der Waals surface area contributed by atoms with E-state index in [2.05, 4.69) is 0 Å². The molecule has 2 unspecified atom stereocenters. The number of hydrogen-bond acceptors (Lipinski definition) is 4. The van der Waals surface area contributed by atoms with E-state index in [0.717, 1.165) is 27.8 Å². The number of oxazole rings is 1. The number of piperazine rings is 1. The van der Waals surface area contributed by atoms with Gasteiger partial charge in [-0.1, -0.05) is 48.5 Å². The molecule has 5 nitrogen and oxygen atoms in total. The van der Waals surface area contributed by atoms with Crippen molar-refractivity contribution >= 4 is 16.8 Å². The number of benzene rings is 3. The summed E-state index contributed by atoms with van der Waals surface area (Å²) in [5.41, 5.74) is 4.32. The van der Waals surface area contributed by atoms with Crippen molar-refractivity contribution < 1.29 is 11.3 Å². The van der Waals surface area contributed by atoms with Crippen LogP contribution < -0.4 is 10.7 Å². The lowest BCUT2D eigenvalue weighted by molar-refractivity contribution is 0.0747. The van der Waals surface area contributed by atoms with Gasteiger partial charge in [-0.3, -0.25) is 9.47 Å². The third-order valence-corrected chi connectivity index (χ3v) is 7.65. The van der Waals surface area contributed by atoms with Gasteiger partial charge in [-0.25, -0.2) is 4.79 Å². The van der Waals surface area contributed by atoms with Gasteiger partial charge in [0.1, 0.15) is 0 Å². The van der Waals surface area contributed by atoms with E-state index in [1.54, 1.807) is 40.0 Å². The number of hydrogen-bond donors (Lipinski definition) is 0. The molecule has 5 heteroatoms. The van der Waals surface area contributed by atoms with Crippen molar-refractivity contribution in [2.24, 2.45) is 7.05 Å². The highest BCUT2D eigenvalue weighted by Crippen LogP contribution is 2.40. The highest BCUT2D eigenvalue weighted by molar-refractivity contribution is 5.90. The maximum absolute atomic E-state index is 12.5. The number of aromatic nitrogens is 1. The maximum atomic E-state index is 12.5. The standard InChI is InChI=1S/C31H37N3O2/c1-20-11-8-9-14-26(20)25-13-10-12-24(19-25)22(3)33-17-18-34(31(5,6)23(33)4)27-16-15-21(2)28-29(27)36-30(35)32(28)7/h8-16,19,22-23H,17-18H2,1-7H3/i17D2,18D2,23D. The zero-order valence-corrected chi connectivity index (χ0v) is 22.0. The number of fused-ring (bicyclic) bond motifs is 1. The van der Waals surface area contributed by atoms with E-state index in [1.165, 1.54) is 14.4 Å². The summed E-state index contributed by atoms with van der Waals surface area (Å²) < 4.78 is 53.8. The fourth-order valence-corrected chi connectivity index (χ4v) is 5.14. The van der Waals surface area contributed by atoms with Crippen molar-refractivity contribution in [2.75, 3.05) is 17.9 Å². The molecule has 36 heavy (non-hydrogen) atoms. The Morgan fingerprint density at radius 2 is 1.81 bits per heavy atom. The minimum absolute atomic E-state index is 0.175. The molecule has 3 aromatic carbocycles. The molecule has 1 aliphatic rings. The maximum Gasteiger partial charge on any atom is 0.419 e. The van der Waals surface area contributed by atoms with E-state index in [4.69, 9.17) is 4.42 Å². The van der Waals surface area contributed by atoms with Gasteiger partial charge in [0.25, 0.3) is 0 Å². The Labute approximate surface area is 221 Å². The average Bonchev–Trinajstić information content (AvgIpc) is 3.19. The van der Waals surface area contributed by atoms with Crippen molar-refractivity contribution in [2.45, 2.75) is 59.1 Å². The Balaban J connectivity index is 1.67. The quantitative estimate of drug-likeness (QED) is 0.330. The molecule has 188 valence electrons. The number of anilines is 1. The lowest BCUT2D eigenvalue weighted by Gasteiger charge is -2.54. The van der Waals surface area contributed by atoms with Crippen LogP contribution in [0.2, 0.25) is 0 Å². The van der Waals surface area contributed by atoms with Crippen LogP contribution >= 0.6 is 0 Å². The largest absolute Gasteiger partial charge is 0.419 e. The molecule has 0 saturated carbocycles. The van der Waals surface area contributed by atoms with Gasteiger partial charge in [0.2, 0.25) is 0 Å². The van der Waals surface area contributed by atoms with Gasteiger partial charge in [0.15, 0.2) is 5.58 Å². The first-order valence-electron chi connectivity index (χ1n) is 14.8. The van der Waals surface area contributed by atoms with Crippen LogP contribution in [-0.2, 0) is 7.05 Å². The molecule has 1 aromatic heterocycles. The summed E-state index contributed by atoms with van der Waals surface area (Å²) in [6, 6.07) is 17.0. The van der Waals surface area contributed by atoms with Crippen LogP contribution in [0, 0.1) is 13.8 Å². The number of rotatable bonds is 4. The van der Waals surface area contributed by atoms with Crippen LogP contribution in [0.5, 0.6) is 0 Å². The van der Waals surface area contributed by atoms with Crippen LogP contribution in [0.4, 0.5) is 5.69 Å². The molecular formula is C31H37N3O2. The summed E-state index contributed by atoms with van der Waals surface area (Å²) in [6.45, 7) is 5.54. The lowest BCUT2D eigenvalue weighted by atomic mass is 9.86. The van der Waals surface area contributed by atoms with E-state index < -0.39 is 36.3 Å². The van der Waals surface area contributed by atoms with Gasteiger partial charge >= 0.3 is 5.76 Å². The van der Waals surface area contributed by atoms with Gasteiger partial charge in [-0.2, -0.15) is 0 Å². The number of nitrogens with zero attached hydrogens (tertiary/aromatic N) is 3. The lowest BCUT2D eigenvalue weighted by Crippen LogP contribution is -2.65. The minimum Gasteiger partial charge on any atom is -0.405 e. The molecular weight excluding hydrogens is 446 g/mol. The molecule has 2 atom stereocenters. The molecule has 5 rings (SSSR count). The van der Waals surface area contributed by atoms with E-state index in [0.29, 0.717) is 5.52 Å². The first-order valence-corrected chi connectivity index (χ1v) is 12.3. The molecule has 4 aromatic rings. The Morgan fingerprint density at radius 1 is 1.06 bits per heavy atom. The Morgan fingerprint density at radius 3 is 2.56 bits per heavy atom. The van der Waals surface area contributed by atoms with E-state index in [9.17, 15) is 11.6 Å². The van der Waals surface area contributed by atoms with Gasteiger partial charge in [0.05, 0.1) is 13.9 Å². The smallest absolute Gasteiger partial charge is 0.405 e. The fourth-order valence-electron chi connectivity index (χ4n) is 5.14. The predicted molar refractivity (Wildman–Crippen MR) is 149 cm³/mol. The molecule has 0 N–H and O–H groups in total. The summed E-state index contributed by atoms with van der Waals surface area (Å²) in [5, 5.41) is 0. The second-order valence-electron chi connectivity index (χ2n) is 10.2. The van der Waals surface area contributed by atoms with Gasteiger partial charge in [-0.05, 0) is 81.5 Å². The summed E-state index contributed by atoms with van der Waals surface area (Å²) in [6.07, 6.45) is 0. The highest BCUT2D eigenvalue weighted by atomic mass is 16.4. The third kappa shape index (κ3) is 3.86. The summed E-state index contributed by atoms with van der Waals surface area (Å²) in [7, 11) is 1.59. The van der Waals surface area contributed by atoms with Gasteiger partial charge in [-0.15, -0.1) is 0 Å². The zero-order chi connectivity index (χ0) is 30.3. The minimum atomic E-state index is -2.64. The molecule has 1 aliphatic heterocycles. The van der Waals surface area contributed by atoms with Crippen molar-refractivity contribution in [3.63, 3.8) is 0 Å². The summed E-state index contributed by atoms with van der Waals surface area (Å²) in [5.74, 6) is -0.591. The fraction of sp³-hybridized carbons (Fsp3) is 0.387. The molecule has 1 saturated heterocycles. The van der Waals surface area contributed by atoms with Crippen LogP contribution in [0.15, 0.2) is 69.9 Å². The second kappa shape index (κ2) is 8.97. The first-order chi connectivity index (χ1) is 19.0. The topological polar surface area (TPSA) is 41.6 Å². The van der Waals surface area contributed by atoms with E-state index in [-0.39, 0.29) is 11.3 Å². The second-order valence-corrected chi connectivity index (χ2v) is 10.2. The first kappa shape index (κ1) is 18.9. The molecule has 1 fully saturated rings. The molecule has 0 bridgehead atoms. The van der Waals surface area contributed by atoms with Crippen LogP contribution in [0.3, 0.4) is 0 Å². The zero-order valence-electron chi connectivity index (χ0n) is 27.0. The summed E-state index contributed by atoms with van der Waals surface area (Å²) in [4.78, 5) is 15.2. The van der Waals surface area contributed by atoms with Gasteiger partial charge < -0.3 is 9.32 Å². The van der Waals surface area contributed by atoms with Crippen molar-refractivity contribution in [1.82, 2.24) is 9.47 Å². The third-order valence-electron chi connectivity index (χ3n) is 7.65. The molecule has 0 amide bonds. The Bertz CT molecular complexity index is 1680. The van der Waals surface area contributed by atoms with Crippen molar-refractivity contribution in [3.8, 4) is 11.1 Å². The normalized spacial score (nSPS) is 26.0. The van der Waals surface area contributed by atoms with Crippen LogP contribution in [-0.4, -0.2) is 34.0 Å². The number of aryl methyl sites for hydroxylation is 3. The van der Waals surface area contributed by atoms with Crippen molar-refractivity contribution in [1.29, 1.82) is 0 Å². The molecule has 0 radical (unpaired) electrons. The predicted octanol–water partition coefficient (Wildman–Crippen LogP) is 6.47. The van der Waals surface area contributed by atoms with Crippen LogP contribution in [0.25, 0.3) is 22.2 Å². The molecule has 0 aliphatic carbocycles. The average molecular weight is 489 g/mol. The van der Waals surface area contributed by atoms with Gasteiger partial charge in [0, 0.05) is 41.8 Å². The molecule has 0 spiro atoms. The SMILES string of the molecule is [2H]C1([2H])N(C(C)c2cccc(-c3ccccc3C)c2)C([2H])(C)C(C)(C)N(c2ccc(C)c3c2oc(=O)n3C)C1([2H])[2H]. The highest BCUT2D eigenvalue weighted by Gasteiger charge is 2.43. The van der Waals surface area contributed by atoms with Crippen molar-refractivity contribution in [3.05, 3.63) is 87.9 Å². The monoisotopic (exact) mass is 488 g/mol. The molecule has 2 heterocycles.